The Hall–Kier alpha value is -0.980. The molecule has 0 aromatic heterocycles. The molecule has 0 heterocycles. The van der Waals surface area contributed by atoms with Crippen LogP contribution in [0, 0.1) is 0 Å². The summed E-state index contributed by atoms with van der Waals surface area (Å²) in [6.07, 6.45) is 8.26. The van der Waals surface area contributed by atoms with E-state index in [9.17, 15) is 0 Å². The first-order chi connectivity index (χ1) is 15.3. The Labute approximate surface area is 237 Å². The summed E-state index contributed by atoms with van der Waals surface area (Å²) in [5, 5.41) is 9.87. The summed E-state index contributed by atoms with van der Waals surface area (Å²) in [5.74, 6) is 0. The van der Waals surface area contributed by atoms with Gasteiger partial charge in [-0.05, 0) is 25.2 Å². The van der Waals surface area contributed by atoms with E-state index in [2.05, 4.69) is 105 Å². The van der Waals surface area contributed by atoms with E-state index in [1.54, 1.807) is 5.30 Å². The maximum absolute atomic E-state index is 2.44. The summed E-state index contributed by atoms with van der Waals surface area (Å²) in [6, 6.07) is 32.9. The molecule has 5 aromatic rings. The molecule has 0 aliphatic rings. The molecule has 0 amide bonds. The molecule has 4 heteroatoms. The van der Waals surface area contributed by atoms with Crippen LogP contribution in [0.2, 0.25) is 0 Å². The van der Waals surface area contributed by atoms with E-state index >= 15 is 0 Å². The van der Waals surface area contributed by atoms with E-state index < -0.39 is 0 Å². The first kappa shape index (κ1) is 31.1. The third-order valence-corrected chi connectivity index (χ3v) is 8.75. The Morgan fingerprint density at radius 1 is 0.618 bits per heavy atom. The van der Waals surface area contributed by atoms with Gasteiger partial charge in [-0.2, -0.15) is 6.07 Å². The Bertz CT molecular complexity index is 1150. The minimum absolute atomic E-state index is 0. The molecule has 5 aromatic carbocycles. The molecule has 0 bridgehead atoms. The van der Waals surface area contributed by atoms with Crippen LogP contribution < -0.4 is 30.1 Å². The van der Waals surface area contributed by atoms with Gasteiger partial charge >= 0.3 is 25.8 Å². The molecule has 0 aliphatic carbocycles. The van der Waals surface area contributed by atoms with Crippen molar-refractivity contribution in [1.29, 1.82) is 0 Å². The number of hydrogen-bond acceptors (Lipinski definition) is 0. The normalized spacial score (nSPS) is 10.3. The molecule has 0 radical (unpaired) electrons. The SMILES string of the molecule is CCCCP(CCCC)c1cc2ccccc2[cH-]1.[Cl-].[Cl-].[Hf+4].c1ccc2c(c1)[cH-]c1ccccc12. The van der Waals surface area contributed by atoms with E-state index in [4.69, 9.17) is 0 Å². The minimum atomic E-state index is 0. The average molecular weight is 674 g/mol. The smallest absolute Gasteiger partial charge is 1.00 e. The first-order valence-electron chi connectivity index (χ1n) is 11.7. The number of halogens is 2. The molecule has 0 atom stereocenters. The van der Waals surface area contributed by atoms with Crippen LogP contribution in [-0.4, -0.2) is 12.3 Å². The predicted molar refractivity (Wildman–Crippen MR) is 143 cm³/mol. The maximum atomic E-state index is 2.44. The predicted octanol–water partition coefficient (Wildman–Crippen LogP) is 2.98. The average Bonchev–Trinajstić information content (AvgIpc) is 3.41. The van der Waals surface area contributed by atoms with E-state index in [1.807, 2.05) is 0 Å². The van der Waals surface area contributed by atoms with Crippen molar-refractivity contribution in [2.24, 2.45) is 0 Å². The van der Waals surface area contributed by atoms with Gasteiger partial charge in [-0.25, -0.2) is 0 Å². The third kappa shape index (κ3) is 7.76. The first-order valence-corrected chi connectivity index (χ1v) is 13.4. The Balaban J connectivity index is 0.000000323. The second kappa shape index (κ2) is 15.9. The summed E-state index contributed by atoms with van der Waals surface area (Å²) in [5.41, 5.74) is 0. The van der Waals surface area contributed by atoms with Gasteiger partial charge in [0, 0.05) is 0 Å². The quantitative estimate of drug-likeness (QED) is 0.142. The van der Waals surface area contributed by atoms with Crippen LogP contribution in [0.1, 0.15) is 39.5 Å². The van der Waals surface area contributed by atoms with Gasteiger partial charge in [0.1, 0.15) is 0 Å². The van der Waals surface area contributed by atoms with E-state index in [0.29, 0.717) is 0 Å². The minimum Gasteiger partial charge on any atom is -1.00 e. The largest absolute Gasteiger partial charge is 4.00 e. The molecular formula is C30H33Cl2HfP. The Kier molecular flexibility index (Phi) is 14.5. The second-order valence-electron chi connectivity index (χ2n) is 8.36. The topological polar surface area (TPSA) is 0 Å². The summed E-state index contributed by atoms with van der Waals surface area (Å²) in [6.45, 7) is 4.60. The molecule has 0 N–H and O–H groups in total. The molecule has 0 nitrogen and oxygen atoms in total. The van der Waals surface area contributed by atoms with E-state index in [-0.39, 0.29) is 58.6 Å². The standard InChI is InChI=1S/C17H24P.C13H9.2ClH.Hf/c1-3-5-11-18(12-6-4-2)17-13-15-9-7-8-10-16(15)14-17;1-3-7-12-10(5-1)9-11-6-2-4-8-13(11)12;;;/h7-10,13-14H,3-6,11-12H2,1-2H3;1-9H;2*1H;/q2*-1;;;+4/p-2. The zero-order valence-corrected chi connectivity index (χ0v) is 26.1. The second-order valence-corrected chi connectivity index (χ2v) is 10.8. The van der Waals surface area contributed by atoms with Crippen LogP contribution in [0.25, 0.3) is 32.3 Å². The fourth-order valence-corrected chi connectivity index (χ4v) is 7.07. The van der Waals surface area contributed by atoms with Gasteiger partial charge in [-0.1, -0.05) is 77.1 Å². The van der Waals surface area contributed by atoms with Gasteiger partial charge in [0.25, 0.3) is 0 Å². The molecule has 0 spiro atoms. The van der Waals surface area contributed by atoms with Gasteiger partial charge in [0.2, 0.25) is 0 Å². The van der Waals surface area contributed by atoms with Crippen molar-refractivity contribution >= 4 is 45.5 Å². The van der Waals surface area contributed by atoms with Crippen LogP contribution in [0.3, 0.4) is 0 Å². The summed E-state index contributed by atoms with van der Waals surface area (Å²) >= 11 is 0. The van der Waals surface area contributed by atoms with Crippen LogP contribution in [0.4, 0.5) is 0 Å². The van der Waals surface area contributed by atoms with Crippen molar-refractivity contribution in [2.45, 2.75) is 39.5 Å². The van der Waals surface area contributed by atoms with Crippen molar-refractivity contribution < 1.29 is 50.7 Å². The number of rotatable bonds is 7. The molecule has 0 saturated heterocycles. The monoisotopic (exact) mass is 674 g/mol. The summed E-state index contributed by atoms with van der Waals surface area (Å²) in [4.78, 5) is 0. The number of fused-ring (bicyclic) bond motifs is 4. The molecule has 0 saturated carbocycles. The number of benzene rings is 3. The fourth-order valence-electron chi connectivity index (χ4n) is 4.29. The summed E-state index contributed by atoms with van der Waals surface area (Å²) in [7, 11) is 0.0856. The van der Waals surface area contributed by atoms with Crippen LogP contribution in [-0.2, 0) is 25.8 Å². The van der Waals surface area contributed by atoms with Crippen LogP contribution >= 0.6 is 7.92 Å². The van der Waals surface area contributed by atoms with Crippen LogP contribution in [0.15, 0.2) is 91.0 Å². The van der Waals surface area contributed by atoms with Gasteiger partial charge in [-0.3, -0.25) is 0 Å². The Morgan fingerprint density at radius 2 is 1.09 bits per heavy atom. The fraction of sp³-hybridized carbons (Fsp3) is 0.267. The molecule has 0 unspecified atom stereocenters. The van der Waals surface area contributed by atoms with Crippen molar-refractivity contribution in [2.75, 3.05) is 12.3 Å². The molecule has 176 valence electrons. The van der Waals surface area contributed by atoms with Crippen molar-refractivity contribution in [3.8, 4) is 0 Å². The molecule has 5 rings (SSSR count). The van der Waals surface area contributed by atoms with E-state index in [1.165, 1.54) is 70.3 Å². The number of unbranched alkanes of at least 4 members (excludes halogenated alkanes) is 2. The van der Waals surface area contributed by atoms with Gasteiger partial charge in [0.15, 0.2) is 0 Å². The van der Waals surface area contributed by atoms with Gasteiger partial charge in [0.05, 0.1) is 0 Å². The molecule has 0 fully saturated rings. The zero-order valence-electron chi connectivity index (χ0n) is 20.1. The van der Waals surface area contributed by atoms with Gasteiger partial charge in [-0.15, -0.1) is 80.1 Å². The van der Waals surface area contributed by atoms with Crippen molar-refractivity contribution in [3.63, 3.8) is 0 Å². The maximum Gasteiger partial charge on any atom is 4.00 e. The van der Waals surface area contributed by atoms with Crippen molar-refractivity contribution in [3.05, 3.63) is 91.0 Å². The van der Waals surface area contributed by atoms with Gasteiger partial charge < -0.3 is 24.8 Å². The van der Waals surface area contributed by atoms with E-state index in [0.717, 1.165) is 0 Å². The zero-order chi connectivity index (χ0) is 21.5. The van der Waals surface area contributed by atoms with Crippen molar-refractivity contribution in [1.82, 2.24) is 0 Å². The third-order valence-electron chi connectivity index (χ3n) is 6.05. The molecular weight excluding hydrogens is 641 g/mol. The molecule has 34 heavy (non-hydrogen) atoms. The summed E-state index contributed by atoms with van der Waals surface area (Å²) < 4.78 is 0. The number of hydrogen-bond donors (Lipinski definition) is 0. The molecule has 0 aliphatic heterocycles. The Morgan fingerprint density at radius 3 is 1.59 bits per heavy atom. The van der Waals surface area contributed by atoms with Crippen LogP contribution in [0.5, 0.6) is 0 Å².